The molecule has 0 saturated carbocycles. The van der Waals surface area contributed by atoms with Gasteiger partial charge in [-0.2, -0.15) is 0 Å². The first-order valence-electron chi connectivity index (χ1n) is 7.78. The summed E-state index contributed by atoms with van der Waals surface area (Å²) in [5.74, 6) is 0. The van der Waals surface area contributed by atoms with Gasteiger partial charge in [0, 0.05) is 12.1 Å². The van der Waals surface area contributed by atoms with Crippen LogP contribution in [0, 0.1) is 0 Å². The molecule has 0 fully saturated rings. The molecule has 20 heavy (non-hydrogen) atoms. The minimum atomic E-state index is 0.641. The number of hydrogen-bond donors (Lipinski definition) is 1. The molecular weight excluding hydrogens is 242 g/mol. The second kappa shape index (κ2) is 5.06. The number of hydrogen-bond acceptors (Lipinski definition) is 1. The first kappa shape index (κ1) is 12.2. The molecule has 0 bridgehead atoms. The smallest absolute Gasteiger partial charge is 0.0151 e. The van der Waals surface area contributed by atoms with Gasteiger partial charge in [0.1, 0.15) is 0 Å². The summed E-state index contributed by atoms with van der Waals surface area (Å²) in [6.45, 7) is 0. The summed E-state index contributed by atoms with van der Waals surface area (Å²) in [6, 6.07) is 19.1. The van der Waals surface area contributed by atoms with Gasteiger partial charge in [0.15, 0.2) is 0 Å². The third kappa shape index (κ3) is 2.27. The maximum atomic E-state index is 3.91. The fourth-order valence-corrected chi connectivity index (χ4v) is 3.85. The van der Waals surface area contributed by atoms with Crippen molar-refractivity contribution >= 4 is 0 Å². The molecule has 4 rings (SSSR count). The van der Waals surface area contributed by atoms with Gasteiger partial charge in [0.2, 0.25) is 0 Å². The highest BCUT2D eigenvalue weighted by atomic mass is 15.0. The molecule has 0 heterocycles. The van der Waals surface area contributed by atoms with E-state index in [4.69, 9.17) is 0 Å². The fourth-order valence-electron chi connectivity index (χ4n) is 3.85. The van der Waals surface area contributed by atoms with Gasteiger partial charge in [-0.25, -0.2) is 0 Å². The molecule has 0 amide bonds. The molecule has 0 aliphatic heterocycles. The Morgan fingerprint density at radius 3 is 1.80 bits per heavy atom. The predicted octanol–water partition coefficient (Wildman–Crippen LogP) is 3.30. The molecule has 102 valence electrons. The number of nitrogens with one attached hydrogen (secondary N) is 1. The normalized spacial score (nSPS) is 21.5. The summed E-state index contributed by atoms with van der Waals surface area (Å²) >= 11 is 0. The quantitative estimate of drug-likeness (QED) is 0.876. The monoisotopic (exact) mass is 263 g/mol. The Bertz CT molecular complexity index is 592. The van der Waals surface area contributed by atoms with E-state index in [0.29, 0.717) is 12.1 Å². The summed E-state index contributed by atoms with van der Waals surface area (Å²) < 4.78 is 0. The van der Waals surface area contributed by atoms with Crippen LogP contribution in [0.15, 0.2) is 48.5 Å². The third-order valence-electron chi connectivity index (χ3n) is 4.87. The van der Waals surface area contributed by atoms with Gasteiger partial charge in [-0.15, -0.1) is 0 Å². The molecule has 0 aromatic heterocycles. The minimum Gasteiger partial charge on any atom is -0.310 e. The molecule has 2 aromatic carbocycles. The van der Waals surface area contributed by atoms with Crippen molar-refractivity contribution in [2.24, 2.45) is 0 Å². The maximum Gasteiger partial charge on any atom is 0.0151 e. The lowest BCUT2D eigenvalue weighted by atomic mass is 9.88. The first-order chi connectivity index (χ1) is 9.88. The van der Waals surface area contributed by atoms with E-state index in [0.717, 1.165) is 0 Å². The average molecular weight is 263 g/mol. The minimum absolute atomic E-state index is 0.641. The lowest BCUT2D eigenvalue weighted by Crippen LogP contribution is -2.42. The fraction of sp³-hybridized carbons (Fsp3) is 0.368. The Labute approximate surface area is 121 Å². The number of fused-ring (bicyclic) bond motifs is 2. The van der Waals surface area contributed by atoms with Crippen LogP contribution in [-0.2, 0) is 25.7 Å². The van der Waals surface area contributed by atoms with Crippen LogP contribution in [0.1, 0.15) is 28.7 Å². The van der Waals surface area contributed by atoms with E-state index < -0.39 is 0 Å². The number of rotatable bonds is 2. The third-order valence-corrected chi connectivity index (χ3v) is 4.87. The van der Waals surface area contributed by atoms with Crippen molar-refractivity contribution in [1.82, 2.24) is 5.32 Å². The van der Waals surface area contributed by atoms with Crippen LogP contribution >= 0.6 is 0 Å². The van der Waals surface area contributed by atoms with Crippen molar-refractivity contribution in [3.8, 4) is 0 Å². The second-order valence-corrected chi connectivity index (χ2v) is 6.25. The summed E-state index contributed by atoms with van der Waals surface area (Å²) in [4.78, 5) is 0. The van der Waals surface area contributed by atoms with Crippen LogP contribution in [0.4, 0.5) is 0 Å². The maximum absolute atomic E-state index is 3.91. The zero-order chi connectivity index (χ0) is 13.4. The summed E-state index contributed by atoms with van der Waals surface area (Å²) in [6.07, 6.45) is 6.11. The van der Waals surface area contributed by atoms with Gasteiger partial charge in [0.05, 0.1) is 0 Å². The molecule has 1 heteroatoms. The molecule has 1 unspecified atom stereocenters. The van der Waals surface area contributed by atoms with Crippen LogP contribution in [-0.4, -0.2) is 12.1 Å². The van der Waals surface area contributed by atoms with Crippen molar-refractivity contribution in [3.05, 3.63) is 70.8 Å². The summed E-state index contributed by atoms with van der Waals surface area (Å²) in [5.41, 5.74) is 6.19. The van der Waals surface area contributed by atoms with Gasteiger partial charge in [-0.1, -0.05) is 48.5 Å². The van der Waals surface area contributed by atoms with Gasteiger partial charge >= 0.3 is 0 Å². The van der Waals surface area contributed by atoms with E-state index >= 15 is 0 Å². The molecule has 1 N–H and O–H groups in total. The van der Waals surface area contributed by atoms with E-state index in [1.54, 1.807) is 22.3 Å². The standard InChI is InChI=1S/C19H21N/c1-2-6-15-11-18(10-9-14(15)5-1)20-19-12-16-7-3-4-8-17(16)13-19/h1-8,18-20H,9-13H2. The zero-order valence-electron chi connectivity index (χ0n) is 11.8. The average Bonchev–Trinajstić information content (AvgIpc) is 2.89. The van der Waals surface area contributed by atoms with Gasteiger partial charge in [-0.3, -0.25) is 0 Å². The Morgan fingerprint density at radius 1 is 0.650 bits per heavy atom. The van der Waals surface area contributed by atoms with Crippen LogP contribution in [0.25, 0.3) is 0 Å². The van der Waals surface area contributed by atoms with E-state index in [9.17, 15) is 0 Å². The molecule has 2 aliphatic rings. The predicted molar refractivity (Wildman–Crippen MR) is 83.0 cm³/mol. The first-order valence-corrected chi connectivity index (χ1v) is 7.78. The van der Waals surface area contributed by atoms with Crippen LogP contribution in [0.2, 0.25) is 0 Å². The molecule has 0 spiro atoms. The summed E-state index contributed by atoms with van der Waals surface area (Å²) in [5, 5.41) is 3.91. The highest BCUT2D eigenvalue weighted by Crippen LogP contribution is 2.25. The van der Waals surface area contributed by atoms with Gasteiger partial charge in [0.25, 0.3) is 0 Å². The molecule has 2 aromatic rings. The Morgan fingerprint density at radius 2 is 1.15 bits per heavy atom. The van der Waals surface area contributed by atoms with E-state index in [2.05, 4.69) is 53.8 Å². The summed E-state index contributed by atoms with van der Waals surface area (Å²) in [7, 11) is 0. The topological polar surface area (TPSA) is 12.0 Å². The lowest BCUT2D eigenvalue weighted by molar-refractivity contribution is 0.399. The molecule has 0 radical (unpaired) electrons. The van der Waals surface area contributed by atoms with Crippen LogP contribution in [0.3, 0.4) is 0 Å². The van der Waals surface area contributed by atoms with E-state index in [1.807, 2.05) is 0 Å². The molecule has 2 aliphatic carbocycles. The lowest BCUT2D eigenvalue weighted by Gasteiger charge is -2.28. The zero-order valence-corrected chi connectivity index (χ0v) is 11.8. The van der Waals surface area contributed by atoms with Gasteiger partial charge < -0.3 is 5.32 Å². The molecular formula is C19H21N. The Hall–Kier alpha value is -1.60. The van der Waals surface area contributed by atoms with Crippen LogP contribution < -0.4 is 5.32 Å². The van der Waals surface area contributed by atoms with E-state index in [1.165, 1.54) is 32.1 Å². The highest BCUT2D eigenvalue weighted by Gasteiger charge is 2.25. The second-order valence-electron chi connectivity index (χ2n) is 6.25. The van der Waals surface area contributed by atoms with Crippen molar-refractivity contribution in [2.45, 2.75) is 44.2 Å². The van der Waals surface area contributed by atoms with Gasteiger partial charge in [-0.05, 0) is 54.4 Å². The van der Waals surface area contributed by atoms with Crippen LogP contribution in [0.5, 0.6) is 0 Å². The van der Waals surface area contributed by atoms with Crippen molar-refractivity contribution < 1.29 is 0 Å². The van der Waals surface area contributed by atoms with Crippen molar-refractivity contribution in [1.29, 1.82) is 0 Å². The van der Waals surface area contributed by atoms with Crippen molar-refractivity contribution in [3.63, 3.8) is 0 Å². The largest absolute Gasteiger partial charge is 0.310 e. The SMILES string of the molecule is c1ccc2c(c1)CCC(NC1Cc3ccccc3C1)C2. The molecule has 1 atom stereocenters. The van der Waals surface area contributed by atoms with E-state index in [-0.39, 0.29) is 0 Å². The molecule has 0 saturated heterocycles. The molecule has 1 nitrogen and oxygen atoms in total. The number of aryl methyl sites for hydroxylation is 1. The Balaban J connectivity index is 1.43. The number of benzene rings is 2. The highest BCUT2D eigenvalue weighted by molar-refractivity contribution is 5.34. The van der Waals surface area contributed by atoms with Crippen molar-refractivity contribution in [2.75, 3.05) is 0 Å². The Kier molecular flexibility index (Phi) is 3.08.